The molecule has 1 aliphatic heterocycles. The Kier molecular flexibility index (Phi) is 5.06. The summed E-state index contributed by atoms with van der Waals surface area (Å²) in [4.78, 5) is 25.7. The van der Waals surface area contributed by atoms with Crippen molar-refractivity contribution >= 4 is 17.6 Å². The number of hydrogen-bond acceptors (Lipinski definition) is 3. The van der Waals surface area contributed by atoms with Crippen LogP contribution in [0.3, 0.4) is 0 Å². The van der Waals surface area contributed by atoms with Crippen LogP contribution in [0.15, 0.2) is 24.3 Å². The van der Waals surface area contributed by atoms with E-state index < -0.39 is 11.4 Å². The second kappa shape index (κ2) is 6.81. The molecule has 1 aromatic rings. The lowest BCUT2D eigenvalue weighted by Gasteiger charge is -2.27. The molecular weight excluding hydrogens is 280 g/mol. The second-order valence-corrected chi connectivity index (χ2v) is 5.87. The first kappa shape index (κ1) is 16.3. The molecule has 0 spiro atoms. The van der Waals surface area contributed by atoms with Crippen molar-refractivity contribution in [3.05, 3.63) is 29.8 Å². The highest BCUT2D eigenvalue weighted by Crippen LogP contribution is 2.27. The Morgan fingerprint density at radius 1 is 1.27 bits per heavy atom. The molecule has 1 aromatic carbocycles. The molecule has 1 heterocycles. The zero-order chi connectivity index (χ0) is 16.2. The fourth-order valence-electron chi connectivity index (χ4n) is 2.95. The van der Waals surface area contributed by atoms with Gasteiger partial charge in [0, 0.05) is 18.8 Å². The van der Waals surface area contributed by atoms with Crippen LogP contribution in [0.1, 0.15) is 32.3 Å². The number of nitrogens with one attached hydrogen (secondary N) is 1. The predicted octanol–water partition coefficient (Wildman–Crippen LogP) is 2.06. The molecule has 0 aromatic heterocycles. The normalized spacial score (nSPS) is 13.8. The first-order valence-corrected chi connectivity index (χ1v) is 7.85. The third-order valence-corrected chi connectivity index (χ3v) is 4.75. The number of carboxylic acids is 1. The van der Waals surface area contributed by atoms with Gasteiger partial charge in [0.15, 0.2) is 0 Å². The zero-order valence-electron chi connectivity index (χ0n) is 13.3. The van der Waals surface area contributed by atoms with E-state index in [2.05, 4.69) is 11.4 Å². The van der Waals surface area contributed by atoms with Gasteiger partial charge < -0.3 is 15.3 Å². The first-order valence-electron chi connectivity index (χ1n) is 7.85. The Morgan fingerprint density at radius 2 is 1.95 bits per heavy atom. The van der Waals surface area contributed by atoms with Crippen molar-refractivity contribution < 1.29 is 14.7 Å². The first-order chi connectivity index (χ1) is 10.5. The van der Waals surface area contributed by atoms with Gasteiger partial charge in [-0.3, -0.25) is 9.59 Å². The van der Waals surface area contributed by atoms with Crippen molar-refractivity contribution in [1.82, 2.24) is 5.32 Å². The fraction of sp³-hybridized carbons (Fsp3) is 0.529. The summed E-state index contributed by atoms with van der Waals surface area (Å²) in [6.45, 7) is 4.99. The molecule has 22 heavy (non-hydrogen) atoms. The van der Waals surface area contributed by atoms with Crippen LogP contribution in [0.4, 0.5) is 5.69 Å². The van der Waals surface area contributed by atoms with Gasteiger partial charge in [0.25, 0.3) is 0 Å². The van der Waals surface area contributed by atoms with E-state index in [1.807, 2.05) is 36.9 Å². The van der Waals surface area contributed by atoms with Gasteiger partial charge in [0.1, 0.15) is 0 Å². The number of amides is 1. The van der Waals surface area contributed by atoms with Crippen molar-refractivity contribution in [2.45, 2.75) is 33.1 Å². The third kappa shape index (κ3) is 3.24. The van der Waals surface area contributed by atoms with Crippen LogP contribution in [0, 0.1) is 5.41 Å². The molecule has 120 valence electrons. The summed E-state index contributed by atoms with van der Waals surface area (Å²) >= 11 is 0. The number of anilines is 1. The molecule has 0 saturated carbocycles. The van der Waals surface area contributed by atoms with Crippen molar-refractivity contribution in [1.29, 1.82) is 0 Å². The lowest BCUT2D eigenvalue weighted by Crippen LogP contribution is -2.45. The molecule has 2 rings (SSSR count). The number of fused-ring (bicyclic) bond motifs is 1. The third-order valence-electron chi connectivity index (χ3n) is 4.75. The molecule has 0 radical (unpaired) electrons. The highest BCUT2D eigenvalue weighted by molar-refractivity contribution is 5.83. The number of benzene rings is 1. The summed E-state index contributed by atoms with van der Waals surface area (Å²) in [5, 5.41) is 12.2. The molecule has 5 heteroatoms. The maximum absolute atomic E-state index is 12.2. The van der Waals surface area contributed by atoms with E-state index >= 15 is 0 Å². The number of carbonyl (C=O) groups is 2. The van der Waals surface area contributed by atoms with Crippen LogP contribution in [0.25, 0.3) is 0 Å². The van der Waals surface area contributed by atoms with Crippen molar-refractivity contribution in [3.63, 3.8) is 0 Å². The fourth-order valence-corrected chi connectivity index (χ4v) is 2.95. The number of rotatable bonds is 7. The van der Waals surface area contributed by atoms with E-state index in [0.717, 1.165) is 18.7 Å². The van der Waals surface area contributed by atoms with Gasteiger partial charge >= 0.3 is 5.97 Å². The predicted molar refractivity (Wildman–Crippen MR) is 86.0 cm³/mol. The summed E-state index contributed by atoms with van der Waals surface area (Å²) in [6, 6.07) is 8.08. The average Bonchev–Trinajstić information content (AvgIpc) is 2.92. The van der Waals surface area contributed by atoms with E-state index in [1.54, 1.807) is 0 Å². The van der Waals surface area contributed by atoms with Gasteiger partial charge in [-0.05, 0) is 30.9 Å². The molecule has 0 saturated heterocycles. The van der Waals surface area contributed by atoms with Gasteiger partial charge in [0.05, 0.1) is 12.0 Å². The van der Waals surface area contributed by atoms with Crippen LogP contribution in [-0.2, 0) is 16.0 Å². The Labute approximate surface area is 131 Å². The molecule has 1 aliphatic rings. The molecule has 0 bridgehead atoms. The van der Waals surface area contributed by atoms with Gasteiger partial charge in [-0.2, -0.15) is 0 Å². The smallest absolute Gasteiger partial charge is 0.311 e. The molecule has 0 fully saturated rings. The second-order valence-electron chi connectivity index (χ2n) is 5.87. The minimum atomic E-state index is -0.863. The minimum absolute atomic E-state index is 0.121. The number of aliphatic carboxylic acids is 1. The number of carbonyl (C=O) groups excluding carboxylic acids is 1. The van der Waals surface area contributed by atoms with Crippen LogP contribution in [-0.4, -0.2) is 36.6 Å². The summed E-state index contributed by atoms with van der Waals surface area (Å²) in [6.07, 6.45) is 1.96. The lowest BCUT2D eigenvalue weighted by atomic mass is 9.82. The highest BCUT2D eigenvalue weighted by Gasteiger charge is 2.35. The van der Waals surface area contributed by atoms with E-state index in [1.165, 1.54) is 5.56 Å². The van der Waals surface area contributed by atoms with Crippen LogP contribution >= 0.6 is 0 Å². The molecular formula is C17H24N2O3. The molecule has 5 nitrogen and oxygen atoms in total. The van der Waals surface area contributed by atoms with Crippen molar-refractivity contribution in [3.8, 4) is 0 Å². The Morgan fingerprint density at radius 3 is 2.59 bits per heavy atom. The summed E-state index contributed by atoms with van der Waals surface area (Å²) in [5.74, 6) is -0.964. The molecule has 0 atom stereocenters. The lowest BCUT2D eigenvalue weighted by molar-refractivity contribution is -0.149. The molecule has 0 aliphatic carbocycles. The van der Waals surface area contributed by atoms with E-state index in [9.17, 15) is 14.7 Å². The highest BCUT2D eigenvalue weighted by atomic mass is 16.4. The van der Waals surface area contributed by atoms with Crippen LogP contribution in [0.5, 0.6) is 0 Å². The van der Waals surface area contributed by atoms with Crippen LogP contribution in [0.2, 0.25) is 0 Å². The monoisotopic (exact) mass is 304 g/mol. The van der Waals surface area contributed by atoms with Gasteiger partial charge in [0.2, 0.25) is 5.91 Å². The maximum atomic E-state index is 12.2. The molecule has 2 N–H and O–H groups in total. The number of para-hydroxylation sites is 1. The Balaban J connectivity index is 1.93. The summed E-state index contributed by atoms with van der Waals surface area (Å²) in [7, 11) is 0. The maximum Gasteiger partial charge on any atom is 0.311 e. The topological polar surface area (TPSA) is 69.6 Å². The van der Waals surface area contributed by atoms with Crippen molar-refractivity contribution in [2.24, 2.45) is 5.41 Å². The molecule has 0 unspecified atom stereocenters. The zero-order valence-corrected chi connectivity index (χ0v) is 13.3. The minimum Gasteiger partial charge on any atom is -0.481 e. The van der Waals surface area contributed by atoms with Gasteiger partial charge in [-0.1, -0.05) is 32.0 Å². The number of carboxylic acid groups (broad SMARTS) is 1. The largest absolute Gasteiger partial charge is 0.481 e. The summed E-state index contributed by atoms with van der Waals surface area (Å²) < 4.78 is 0. The van der Waals surface area contributed by atoms with E-state index in [4.69, 9.17) is 0 Å². The Hall–Kier alpha value is -2.04. The van der Waals surface area contributed by atoms with Crippen molar-refractivity contribution in [2.75, 3.05) is 24.5 Å². The average molecular weight is 304 g/mol. The van der Waals surface area contributed by atoms with Crippen LogP contribution < -0.4 is 10.2 Å². The standard InChI is InChI=1S/C17H24N2O3/c1-3-17(4-2,16(21)22)12-18-15(20)11-19-10-9-13-7-5-6-8-14(13)19/h5-8H,3-4,9-12H2,1-2H3,(H,18,20)(H,21,22). The Bertz CT molecular complexity index is 553. The van der Waals surface area contributed by atoms with Gasteiger partial charge in [-0.15, -0.1) is 0 Å². The summed E-state index contributed by atoms with van der Waals surface area (Å²) in [5.41, 5.74) is 1.50. The number of hydrogen-bond donors (Lipinski definition) is 2. The molecule has 1 amide bonds. The SMILES string of the molecule is CCC(CC)(CNC(=O)CN1CCc2ccccc21)C(=O)O. The number of nitrogens with zero attached hydrogens (tertiary/aromatic N) is 1. The van der Waals surface area contributed by atoms with E-state index in [-0.39, 0.29) is 19.0 Å². The van der Waals surface area contributed by atoms with Gasteiger partial charge in [-0.25, -0.2) is 0 Å². The van der Waals surface area contributed by atoms with E-state index in [0.29, 0.717) is 12.8 Å². The quantitative estimate of drug-likeness (QED) is 0.809.